The minimum Gasteiger partial charge on any atom is -0.486 e. The van der Waals surface area contributed by atoms with Gasteiger partial charge in [-0.2, -0.15) is 0 Å². The summed E-state index contributed by atoms with van der Waals surface area (Å²) in [5, 5.41) is 0.786. The maximum absolute atomic E-state index is 11.8. The number of carbonyl (C=O) groups is 3. The topological polar surface area (TPSA) is 97.4 Å². The molecule has 2 aromatic rings. The summed E-state index contributed by atoms with van der Waals surface area (Å²) in [6, 6.07) is 10.6. The molecule has 0 N–H and O–H groups in total. The van der Waals surface area contributed by atoms with Crippen LogP contribution >= 0.6 is 9.24 Å². The number of carbonyl (C=O) groups excluding carboxylic acids is 3. The first-order chi connectivity index (χ1) is 17.5. The van der Waals surface area contributed by atoms with Crippen LogP contribution in [0, 0.1) is 0 Å². The molecule has 2 rings (SSSR count). The van der Waals surface area contributed by atoms with Gasteiger partial charge in [0.15, 0.2) is 11.5 Å². The van der Waals surface area contributed by atoms with E-state index in [4.69, 9.17) is 23.7 Å². The molecule has 0 radical (unpaired) electrons. The number of rotatable bonds is 13. The van der Waals surface area contributed by atoms with Crippen LogP contribution in [0.4, 0.5) is 0 Å². The molecule has 9 heteroatoms. The molecule has 0 aliphatic heterocycles. The lowest BCUT2D eigenvalue weighted by molar-refractivity contribution is -0.140. The first kappa shape index (κ1) is 29.3. The molecule has 0 amide bonds. The monoisotopic (exact) mass is 526 g/mol. The molecule has 196 valence electrons. The Hall–Kier alpha value is -3.90. The van der Waals surface area contributed by atoms with Crippen molar-refractivity contribution >= 4 is 32.5 Å². The van der Waals surface area contributed by atoms with Gasteiger partial charge in [0, 0.05) is 16.7 Å². The van der Waals surface area contributed by atoms with Crippen molar-refractivity contribution in [2.75, 3.05) is 26.4 Å². The number of esters is 3. The Morgan fingerprint density at radius 3 is 1.76 bits per heavy atom. The Bertz CT molecular complexity index is 1210. The fourth-order valence-corrected chi connectivity index (χ4v) is 3.21. The second-order valence-electron chi connectivity index (χ2n) is 8.11. The van der Waals surface area contributed by atoms with Crippen molar-refractivity contribution in [2.24, 2.45) is 0 Å². The zero-order chi connectivity index (χ0) is 27.5. The summed E-state index contributed by atoms with van der Waals surface area (Å²) in [4.78, 5) is 35.0. The van der Waals surface area contributed by atoms with E-state index >= 15 is 0 Å². The lowest BCUT2D eigenvalue weighted by atomic mass is 10.0. The van der Waals surface area contributed by atoms with Gasteiger partial charge in [0.1, 0.15) is 32.2 Å². The number of ether oxygens (including phenoxy) is 5. The van der Waals surface area contributed by atoms with Crippen LogP contribution in [0.1, 0.15) is 20.8 Å². The van der Waals surface area contributed by atoms with Crippen molar-refractivity contribution in [3.8, 4) is 28.4 Å². The first-order valence-electron chi connectivity index (χ1n) is 11.3. The van der Waals surface area contributed by atoms with Gasteiger partial charge in [0.05, 0.1) is 0 Å². The molecule has 37 heavy (non-hydrogen) atoms. The van der Waals surface area contributed by atoms with Crippen LogP contribution in [0.5, 0.6) is 17.2 Å². The summed E-state index contributed by atoms with van der Waals surface area (Å²) in [6.45, 7) is 15.6. The van der Waals surface area contributed by atoms with Gasteiger partial charge in [-0.25, -0.2) is 14.4 Å². The Morgan fingerprint density at radius 1 is 0.703 bits per heavy atom. The zero-order valence-corrected chi connectivity index (χ0v) is 22.4. The molecule has 0 aliphatic carbocycles. The highest BCUT2D eigenvalue weighted by Crippen LogP contribution is 2.33. The Kier molecular flexibility index (Phi) is 11.1. The van der Waals surface area contributed by atoms with Gasteiger partial charge in [-0.3, -0.25) is 0 Å². The van der Waals surface area contributed by atoms with E-state index in [2.05, 4.69) is 29.0 Å². The van der Waals surface area contributed by atoms with Crippen molar-refractivity contribution in [3.63, 3.8) is 0 Å². The molecule has 0 saturated heterocycles. The quantitative estimate of drug-likeness (QED) is 0.125. The van der Waals surface area contributed by atoms with Gasteiger partial charge in [-0.15, -0.1) is 9.24 Å². The van der Waals surface area contributed by atoms with E-state index < -0.39 is 17.9 Å². The van der Waals surface area contributed by atoms with Gasteiger partial charge < -0.3 is 23.7 Å². The van der Waals surface area contributed by atoms with Gasteiger partial charge >= 0.3 is 17.9 Å². The highest BCUT2D eigenvalue weighted by molar-refractivity contribution is 7.28. The van der Waals surface area contributed by atoms with Gasteiger partial charge in [-0.05, 0) is 61.5 Å². The molecule has 0 bridgehead atoms. The van der Waals surface area contributed by atoms with E-state index in [0.717, 1.165) is 16.4 Å². The molecule has 0 aliphatic rings. The Morgan fingerprint density at radius 2 is 1.24 bits per heavy atom. The molecule has 0 aromatic heterocycles. The second-order valence-corrected chi connectivity index (χ2v) is 8.73. The average Bonchev–Trinajstić information content (AvgIpc) is 2.84. The van der Waals surface area contributed by atoms with Crippen molar-refractivity contribution < 1.29 is 38.1 Å². The van der Waals surface area contributed by atoms with Gasteiger partial charge in [0.2, 0.25) is 0 Å². The lowest BCUT2D eigenvalue weighted by Gasteiger charge is -2.16. The molecular weight excluding hydrogens is 495 g/mol. The summed E-state index contributed by atoms with van der Waals surface area (Å²) in [7, 11) is 2.62. The first-order valence-corrected chi connectivity index (χ1v) is 11.9. The molecule has 1 unspecified atom stereocenters. The smallest absolute Gasteiger partial charge is 0.338 e. The van der Waals surface area contributed by atoms with Crippen LogP contribution in [0.15, 0.2) is 72.9 Å². The van der Waals surface area contributed by atoms with Crippen LogP contribution in [0.25, 0.3) is 11.1 Å². The predicted octanol–water partition coefficient (Wildman–Crippen LogP) is 4.33. The van der Waals surface area contributed by atoms with Crippen molar-refractivity contribution in [3.05, 3.63) is 72.9 Å². The highest BCUT2D eigenvalue weighted by atomic mass is 31.0. The van der Waals surface area contributed by atoms with E-state index in [0.29, 0.717) is 34.0 Å². The SMILES string of the molecule is C=C(C)C(=O)OCCOc1ccc(-c2ccc(OC(=O)C(=C)C)cc2P)cc1OCCOC(=O)C(=C)C. The third-order valence-corrected chi connectivity index (χ3v) is 5.16. The number of benzene rings is 2. The zero-order valence-electron chi connectivity index (χ0n) is 21.3. The molecule has 0 heterocycles. The van der Waals surface area contributed by atoms with Gasteiger partial charge in [0.25, 0.3) is 0 Å². The minimum atomic E-state index is -0.506. The Balaban J connectivity index is 2.20. The van der Waals surface area contributed by atoms with Crippen molar-refractivity contribution in [1.82, 2.24) is 0 Å². The fraction of sp³-hybridized carbons (Fsp3) is 0.250. The number of hydrogen-bond donors (Lipinski definition) is 0. The summed E-state index contributed by atoms with van der Waals surface area (Å²) < 4.78 is 27.1. The van der Waals surface area contributed by atoms with E-state index in [1.165, 1.54) is 0 Å². The Labute approximate surface area is 219 Å². The van der Waals surface area contributed by atoms with E-state index in [1.54, 1.807) is 45.0 Å². The van der Waals surface area contributed by atoms with E-state index in [-0.39, 0.29) is 26.4 Å². The third kappa shape index (κ3) is 9.24. The fourth-order valence-electron chi connectivity index (χ4n) is 2.79. The normalized spacial score (nSPS) is 10.2. The highest BCUT2D eigenvalue weighted by Gasteiger charge is 2.13. The van der Waals surface area contributed by atoms with Crippen LogP contribution in [-0.2, 0) is 23.9 Å². The minimum absolute atomic E-state index is 0.0171. The molecule has 2 aromatic carbocycles. The molecule has 0 spiro atoms. The maximum Gasteiger partial charge on any atom is 0.338 e. The standard InChI is InChI=1S/C28H31O8P/c1-17(2)26(29)34-13-11-32-23-10-7-20(15-24(23)33-12-14-35-27(30)18(3)4)22-9-8-21(16-25(22)37)36-28(31)19(5)6/h7-10,15-16H,1,3,5,11-14,37H2,2,4,6H3. The second kappa shape index (κ2) is 14.0. The summed E-state index contributed by atoms with van der Waals surface area (Å²) in [6.07, 6.45) is 0. The van der Waals surface area contributed by atoms with E-state index in [9.17, 15) is 14.4 Å². The largest absolute Gasteiger partial charge is 0.486 e. The average molecular weight is 527 g/mol. The third-order valence-electron chi connectivity index (χ3n) is 4.68. The predicted molar refractivity (Wildman–Crippen MR) is 144 cm³/mol. The molecular formula is C28H31O8P. The van der Waals surface area contributed by atoms with Gasteiger partial charge in [-0.1, -0.05) is 31.9 Å². The molecule has 1 atom stereocenters. The summed E-state index contributed by atoms with van der Waals surface area (Å²) in [5.41, 5.74) is 2.54. The number of hydrogen-bond acceptors (Lipinski definition) is 8. The summed E-state index contributed by atoms with van der Waals surface area (Å²) in [5.74, 6) is -0.304. The summed E-state index contributed by atoms with van der Waals surface area (Å²) >= 11 is 0. The van der Waals surface area contributed by atoms with Crippen LogP contribution in [-0.4, -0.2) is 44.3 Å². The molecule has 8 nitrogen and oxygen atoms in total. The maximum atomic E-state index is 11.8. The van der Waals surface area contributed by atoms with E-state index in [1.807, 2.05) is 12.1 Å². The van der Waals surface area contributed by atoms with Crippen molar-refractivity contribution in [1.29, 1.82) is 0 Å². The molecule has 0 saturated carbocycles. The van der Waals surface area contributed by atoms with Crippen LogP contribution in [0.3, 0.4) is 0 Å². The van der Waals surface area contributed by atoms with Crippen LogP contribution in [0.2, 0.25) is 0 Å². The van der Waals surface area contributed by atoms with Crippen molar-refractivity contribution in [2.45, 2.75) is 20.8 Å². The molecule has 0 fully saturated rings. The lowest BCUT2D eigenvalue weighted by Crippen LogP contribution is -2.14. The van der Waals surface area contributed by atoms with Crippen LogP contribution < -0.4 is 19.5 Å².